The number of anilines is 1. The maximum absolute atomic E-state index is 13.4. The van der Waals surface area contributed by atoms with Crippen LogP contribution in [0.5, 0.6) is 5.75 Å². The average molecular weight is 385 g/mol. The SMILES string of the molecule is COc1ccc(CN2C(=O)C(C)(N)N=C(c3ccccc3)c3ccccc32)cc1. The molecule has 0 aliphatic carbocycles. The Balaban J connectivity index is 1.83. The minimum absolute atomic E-state index is 0.244. The summed E-state index contributed by atoms with van der Waals surface area (Å²) in [6, 6.07) is 25.3. The van der Waals surface area contributed by atoms with E-state index < -0.39 is 5.66 Å². The Hall–Kier alpha value is -3.44. The molecule has 1 heterocycles. The average Bonchev–Trinajstić information content (AvgIpc) is 2.84. The van der Waals surface area contributed by atoms with Crippen molar-refractivity contribution in [3.63, 3.8) is 0 Å². The van der Waals surface area contributed by atoms with Crippen molar-refractivity contribution in [3.8, 4) is 5.75 Å². The second-order valence-electron chi connectivity index (χ2n) is 7.23. The molecule has 1 atom stereocenters. The quantitative estimate of drug-likeness (QED) is 0.744. The number of carbonyl (C=O) groups is 1. The molecule has 0 spiro atoms. The number of benzodiazepines with no additional fused rings is 1. The van der Waals surface area contributed by atoms with Gasteiger partial charge in [-0.15, -0.1) is 0 Å². The standard InChI is InChI=1S/C24H23N3O2/c1-24(25)23(28)27(16-17-12-14-19(29-2)15-13-17)21-11-7-6-10-20(21)22(26-24)18-8-4-3-5-9-18/h3-15H,16,25H2,1-2H3. The summed E-state index contributed by atoms with van der Waals surface area (Å²) in [7, 11) is 1.63. The second kappa shape index (κ2) is 7.53. The number of hydrogen-bond acceptors (Lipinski definition) is 4. The fourth-order valence-corrected chi connectivity index (χ4v) is 3.52. The molecule has 5 heteroatoms. The summed E-state index contributed by atoms with van der Waals surface area (Å²) < 4.78 is 5.23. The van der Waals surface area contributed by atoms with Crippen molar-refractivity contribution < 1.29 is 9.53 Å². The lowest BCUT2D eigenvalue weighted by Crippen LogP contribution is -2.51. The van der Waals surface area contributed by atoms with Crippen molar-refractivity contribution in [1.29, 1.82) is 0 Å². The molecule has 0 saturated heterocycles. The van der Waals surface area contributed by atoms with E-state index in [0.29, 0.717) is 6.54 Å². The summed E-state index contributed by atoms with van der Waals surface area (Å²) in [6.07, 6.45) is 0. The maximum Gasteiger partial charge on any atom is 0.269 e. The first kappa shape index (κ1) is 18.9. The molecular weight excluding hydrogens is 362 g/mol. The molecule has 2 N–H and O–H groups in total. The number of rotatable bonds is 4. The van der Waals surface area contributed by atoms with Crippen LogP contribution in [0.25, 0.3) is 0 Å². The van der Waals surface area contributed by atoms with E-state index >= 15 is 0 Å². The first-order valence-electron chi connectivity index (χ1n) is 9.48. The molecule has 146 valence electrons. The number of ether oxygens (including phenoxy) is 1. The second-order valence-corrected chi connectivity index (χ2v) is 7.23. The van der Waals surface area contributed by atoms with Gasteiger partial charge >= 0.3 is 0 Å². The van der Waals surface area contributed by atoms with Gasteiger partial charge in [-0.1, -0.05) is 60.7 Å². The minimum atomic E-state index is -1.38. The van der Waals surface area contributed by atoms with Crippen LogP contribution in [0.2, 0.25) is 0 Å². The van der Waals surface area contributed by atoms with E-state index in [0.717, 1.165) is 33.8 Å². The molecule has 1 amide bonds. The third-order valence-electron chi connectivity index (χ3n) is 5.02. The molecule has 5 nitrogen and oxygen atoms in total. The number of hydrogen-bond donors (Lipinski definition) is 1. The van der Waals surface area contributed by atoms with Gasteiger partial charge < -0.3 is 9.64 Å². The number of carbonyl (C=O) groups excluding carboxylic acids is 1. The summed E-state index contributed by atoms with van der Waals surface area (Å²) in [5.41, 5.74) is 9.35. The van der Waals surface area contributed by atoms with Gasteiger partial charge in [-0.3, -0.25) is 15.5 Å². The Bertz CT molecular complexity index is 1060. The smallest absolute Gasteiger partial charge is 0.269 e. The third kappa shape index (κ3) is 3.65. The molecule has 1 unspecified atom stereocenters. The van der Waals surface area contributed by atoms with Crippen molar-refractivity contribution in [2.75, 3.05) is 12.0 Å². The number of aliphatic imine (C=N–C) groups is 1. The molecular formula is C24H23N3O2. The van der Waals surface area contributed by atoms with Crippen molar-refractivity contribution in [2.24, 2.45) is 10.7 Å². The maximum atomic E-state index is 13.4. The van der Waals surface area contributed by atoms with Crippen molar-refractivity contribution in [1.82, 2.24) is 0 Å². The summed E-state index contributed by atoms with van der Waals surface area (Å²) in [5.74, 6) is 0.529. The fourth-order valence-electron chi connectivity index (χ4n) is 3.52. The first-order chi connectivity index (χ1) is 14.0. The molecule has 0 radical (unpaired) electrons. The zero-order valence-electron chi connectivity index (χ0n) is 16.5. The van der Waals surface area contributed by atoms with Crippen LogP contribution in [0, 0.1) is 0 Å². The number of benzene rings is 3. The summed E-state index contributed by atoms with van der Waals surface area (Å²) >= 11 is 0. The van der Waals surface area contributed by atoms with Crippen molar-refractivity contribution in [3.05, 3.63) is 95.6 Å². The highest BCUT2D eigenvalue weighted by Gasteiger charge is 2.38. The van der Waals surface area contributed by atoms with E-state index in [1.54, 1.807) is 18.9 Å². The lowest BCUT2D eigenvalue weighted by atomic mass is 10.00. The molecule has 3 aromatic carbocycles. The van der Waals surface area contributed by atoms with Crippen LogP contribution >= 0.6 is 0 Å². The van der Waals surface area contributed by atoms with Crippen LogP contribution in [0.4, 0.5) is 5.69 Å². The monoisotopic (exact) mass is 385 g/mol. The van der Waals surface area contributed by atoms with E-state index in [1.165, 1.54) is 0 Å². The molecule has 1 aliphatic rings. The van der Waals surface area contributed by atoms with Crippen molar-refractivity contribution >= 4 is 17.3 Å². The Morgan fingerprint density at radius 1 is 0.966 bits per heavy atom. The Morgan fingerprint density at radius 3 is 2.31 bits per heavy atom. The van der Waals surface area contributed by atoms with Crippen LogP contribution in [0.1, 0.15) is 23.6 Å². The van der Waals surface area contributed by atoms with Gasteiger partial charge in [0, 0.05) is 11.1 Å². The van der Waals surface area contributed by atoms with Crippen LogP contribution in [-0.2, 0) is 11.3 Å². The Labute approximate surface area is 170 Å². The Morgan fingerprint density at radius 2 is 1.62 bits per heavy atom. The number of nitrogens with two attached hydrogens (primary N) is 1. The fraction of sp³-hybridized carbons (Fsp3) is 0.167. The van der Waals surface area contributed by atoms with Gasteiger partial charge in [0.2, 0.25) is 0 Å². The van der Waals surface area contributed by atoms with Crippen molar-refractivity contribution in [2.45, 2.75) is 19.1 Å². The molecule has 0 saturated carbocycles. The topological polar surface area (TPSA) is 67.9 Å². The third-order valence-corrected chi connectivity index (χ3v) is 5.02. The van der Waals surface area contributed by atoms with Crippen LogP contribution in [0.3, 0.4) is 0 Å². The number of nitrogens with zero attached hydrogens (tertiary/aromatic N) is 2. The number of para-hydroxylation sites is 1. The lowest BCUT2D eigenvalue weighted by molar-refractivity contribution is -0.123. The molecule has 0 bridgehead atoms. The number of methoxy groups -OCH3 is 1. The Kier molecular flexibility index (Phi) is 4.91. The summed E-state index contributed by atoms with van der Waals surface area (Å²) in [4.78, 5) is 19.8. The predicted octanol–water partition coefficient (Wildman–Crippen LogP) is 3.75. The number of amides is 1. The lowest BCUT2D eigenvalue weighted by Gasteiger charge is -2.28. The van der Waals surface area contributed by atoms with E-state index in [9.17, 15) is 4.79 Å². The van der Waals surface area contributed by atoms with Gasteiger partial charge in [-0.05, 0) is 30.7 Å². The van der Waals surface area contributed by atoms with E-state index in [1.807, 2.05) is 78.9 Å². The molecule has 29 heavy (non-hydrogen) atoms. The van der Waals surface area contributed by atoms with Gasteiger partial charge in [0.05, 0.1) is 25.1 Å². The van der Waals surface area contributed by atoms with Crippen LogP contribution < -0.4 is 15.4 Å². The summed E-state index contributed by atoms with van der Waals surface area (Å²) in [5, 5.41) is 0. The molecule has 0 fully saturated rings. The molecule has 4 rings (SSSR count). The highest BCUT2D eigenvalue weighted by molar-refractivity contribution is 6.20. The zero-order chi connectivity index (χ0) is 20.4. The zero-order valence-corrected chi connectivity index (χ0v) is 16.5. The van der Waals surface area contributed by atoms with E-state index in [2.05, 4.69) is 0 Å². The van der Waals surface area contributed by atoms with E-state index in [-0.39, 0.29) is 5.91 Å². The normalized spacial score (nSPS) is 18.7. The van der Waals surface area contributed by atoms with Gasteiger partial charge in [-0.2, -0.15) is 0 Å². The van der Waals surface area contributed by atoms with Crippen LogP contribution in [-0.4, -0.2) is 24.4 Å². The predicted molar refractivity (Wildman–Crippen MR) is 115 cm³/mol. The molecule has 0 aromatic heterocycles. The van der Waals surface area contributed by atoms with Gasteiger partial charge in [0.25, 0.3) is 5.91 Å². The van der Waals surface area contributed by atoms with Gasteiger partial charge in [-0.25, -0.2) is 0 Å². The highest BCUT2D eigenvalue weighted by Crippen LogP contribution is 2.31. The first-order valence-corrected chi connectivity index (χ1v) is 9.48. The molecule has 1 aliphatic heterocycles. The largest absolute Gasteiger partial charge is 0.497 e. The minimum Gasteiger partial charge on any atom is -0.497 e. The molecule has 3 aromatic rings. The number of fused-ring (bicyclic) bond motifs is 1. The van der Waals surface area contributed by atoms with Gasteiger partial charge in [0.15, 0.2) is 5.66 Å². The van der Waals surface area contributed by atoms with E-state index in [4.69, 9.17) is 15.5 Å². The summed E-state index contributed by atoms with van der Waals surface area (Å²) in [6.45, 7) is 2.05. The van der Waals surface area contributed by atoms with Gasteiger partial charge in [0.1, 0.15) is 5.75 Å². The highest BCUT2D eigenvalue weighted by atomic mass is 16.5. The van der Waals surface area contributed by atoms with Crippen LogP contribution in [0.15, 0.2) is 83.9 Å².